The molecule has 0 aliphatic carbocycles. The van der Waals surface area contributed by atoms with Crippen molar-refractivity contribution in [3.63, 3.8) is 0 Å². The van der Waals surface area contributed by atoms with E-state index in [2.05, 4.69) is 15.4 Å². The molecule has 0 saturated carbocycles. The second-order valence-electron chi connectivity index (χ2n) is 3.86. The van der Waals surface area contributed by atoms with Crippen molar-refractivity contribution in [1.82, 2.24) is 9.97 Å². The van der Waals surface area contributed by atoms with Gasteiger partial charge < -0.3 is 10.2 Å². The number of aryl methyl sites for hydroxylation is 2. The molecule has 6 heteroatoms. The molecule has 2 aromatic rings. The number of halogens is 1. The third kappa shape index (κ3) is 2.69. The molecular weight excluding hydrogens is 252 g/mol. The van der Waals surface area contributed by atoms with Crippen LogP contribution in [0.2, 0.25) is 5.02 Å². The number of aromatic nitrogens is 2. The monoisotopic (exact) mass is 264 g/mol. The molecule has 0 amide bonds. The minimum atomic E-state index is 0.416. The first-order valence-electron chi connectivity index (χ1n) is 5.33. The molecule has 0 atom stereocenters. The van der Waals surface area contributed by atoms with Gasteiger partial charge in [-0.1, -0.05) is 11.6 Å². The summed E-state index contributed by atoms with van der Waals surface area (Å²) in [6, 6.07) is 5.32. The van der Waals surface area contributed by atoms with E-state index in [9.17, 15) is 0 Å². The molecule has 1 aromatic heterocycles. The average molecular weight is 265 g/mol. The van der Waals surface area contributed by atoms with E-state index in [1.165, 1.54) is 6.33 Å². The zero-order valence-electron chi connectivity index (χ0n) is 10.1. The lowest BCUT2D eigenvalue weighted by molar-refractivity contribution is 0.461. The van der Waals surface area contributed by atoms with Crippen LogP contribution in [0.4, 0.5) is 5.82 Å². The normalized spacial score (nSPS) is 10.2. The fourth-order valence-electron chi connectivity index (χ4n) is 1.56. The maximum Gasteiger partial charge on any atom is 0.224 e. The molecule has 5 nitrogen and oxygen atoms in total. The Balaban J connectivity index is 2.28. The van der Waals surface area contributed by atoms with Gasteiger partial charge in [0.25, 0.3) is 0 Å². The lowest BCUT2D eigenvalue weighted by atomic mass is 10.1. The molecule has 0 bridgehead atoms. The standard InChI is InChI=1S/C12H13ClN4O/c1-7-3-9(4-8(2)12(7)13)18-11-5-10(17-14)15-6-16-11/h3-6H,14H2,1-2H3,(H,15,16,17). The number of nitrogens with one attached hydrogen (secondary N) is 1. The number of nitrogen functional groups attached to an aromatic ring is 1. The van der Waals surface area contributed by atoms with Gasteiger partial charge in [-0.15, -0.1) is 0 Å². The molecule has 0 unspecified atom stereocenters. The second kappa shape index (κ2) is 5.20. The van der Waals surface area contributed by atoms with Gasteiger partial charge in [0.05, 0.1) is 0 Å². The molecule has 18 heavy (non-hydrogen) atoms. The summed E-state index contributed by atoms with van der Waals surface area (Å²) in [5, 5.41) is 0.745. The van der Waals surface area contributed by atoms with Gasteiger partial charge in [-0.25, -0.2) is 15.8 Å². The van der Waals surface area contributed by atoms with Crippen molar-refractivity contribution in [3.8, 4) is 11.6 Å². The van der Waals surface area contributed by atoms with Crippen LogP contribution in [-0.4, -0.2) is 9.97 Å². The van der Waals surface area contributed by atoms with E-state index < -0.39 is 0 Å². The molecule has 0 radical (unpaired) electrons. The first-order chi connectivity index (χ1) is 8.60. The van der Waals surface area contributed by atoms with Crippen LogP contribution in [0.5, 0.6) is 11.6 Å². The summed E-state index contributed by atoms with van der Waals surface area (Å²) in [6.45, 7) is 3.85. The Kier molecular flexibility index (Phi) is 3.64. The minimum absolute atomic E-state index is 0.416. The molecule has 0 aliphatic rings. The number of hydrazine groups is 1. The number of benzene rings is 1. The Hall–Kier alpha value is -1.85. The zero-order valence-corrected chi connectivity index (χ0v) is 10.8. The number of rotatable bonds is 3. The van der Waals surface area contributed by atoms with Crippen molar-refractivity contribution < 1.29 is 4.74 Å². The Labute approximate surface area is 110 Å². The highest BCUT2D eigenvalue weighted by molar-refractivity contribution is 6.32. The quantitative estimate of drug-likeness (QED) is 0.659. The van der Waals surface area contributed by atoms with Crippen LogP contribution in [0.1, 0.15) is 11.1 Å². The molecule has 0 fully saturated rings. The molecule has 0 spiro atoms. The van der Waals surface area contributed by atoms with Crippen molar-refractivity contribution in [2.45, 2.75) is 13.8 Å². The van der Waals surface area contributed by atoms with E-state index in [1.54, 1.807) is 6.07 Å². The number of nitrogens with two attached hydrogens (primary N) is 1. The van der Waals surface area contributed by atoms with Crippen molar-refractivity contribution in [2.75, 3.05) is 5.43 Å². The largest absolute Gasteiger partial charge is 0.439 e. The van der Waals surface area contributed by atoms with Gasteiger partial charge in [0.1, 0.15) is 17.9 Å². The fourth-order valence-corrected chi connectivity index (χ4v) is 1.67. The van der Waals surface area contributed by atoms with E-state index in [-0.39, 0.29) is 0 Å². The Morgan fingerprint density at radius 3 is 2.44 bits per heavy atom. The van der Waals surface area contributed by atoms with Crippen LogP contribution in [0.3, 0.4) is 0 Å². The summed E-state index contributed by atoms with van der Waals surface area (Å²) in [7, 11) is 0. The van der Waals surface area contributed by atoms with E-state index >= 15 is 0 Å². The summed E-state index contributed by atoms with van der Waals surface area (Å²) in [4.78, 5) is 7.90. The molecule has 0 saturated heterocycles. The summed E-state index contributed by atoms with van der Waals surface area (Å²) in [5.41, 5.74) is 4.35. The highest BCUT2D eigenvalue weighted by Crippen LogP contribution is 2.28. The van der Waals surface area contributed by atoms with Crippen LogP contribution in [0.15, 0.2) is 24.5 Å². The number of nitrogens with zero attached hydrogens (tertiary/aromatic N) is 2. The van der Waals surface area contributed by atoms with Gasteiger partial charge in [-0.3, -0.25) is 0 Å². The number of ether oxygens (including phenoxy) is 1. The maximum atomic E-state index is 6.09. The van der Waals surface area contributed by atoms with E-state index in [1.807, 2.05) is 26.0 Å². The van der Waals surface area contributed by atoms with Crippen LogP contribution in [-0.2, 0) is 0 Å². The zero-order chi connectivity index (χ0) is 13.1. The lowest BCUT2D eigenvalue weighted by Crippen LogP contribution is -2.08. The molecule has 2 rings (SSSR count). The number of hydrogen-bond acceptors (Lipinski definition) is 5. The summed E-state index contributed by atoms with van der Waals surface area (Å²) >= 11 is 6.09. The highest BCUT2D eigenvalue weighted by atomic mass is 35.5. The van der Waals surface area contributed by atoms with E-state index in [4.69, 9.17) is 22.2 Å². The van der Waals surface area contributed by atoms with Crippen molar-refractivity contribution in [3.05, 3.63) is 40.7 Å². The lowest BCUT2D eigenvalue weighted by Gasteiger charge is -2.09. The van der Waals surface area contributed by atoms with Crippen molar-refractivity contribution in [2.24, 2.45) is 5.84 Å². The number of anilines is 1. The van der Waals surface area contributed by atoms with Gasteiger partial charge in [0.2, 0.25) is 5.88 Å². The Morgan fingerprint density at radius 2 is 1.83 bits per heavy atom. The van der Waals surface area contributed by atoms with Crippen LogP contribution >= 0.6 is 11.6 Å². The topological polar surface area (TPSA) is 73.1 Å². The van der Waals surface area contributed by atoms with Gasteiger partial charge in [0, 0.05) is 11.1 Å². The summed E-state index contributed by atoms with van der Waals surface area (Å²) < 4.78 is 5.63. The molecule has 3 N–H and O–H groups in total. The predicted octanol–water partition coefficient (Wildman–Crippen LogP) is 2.82. The van der Waals surface area contributed by atoms with Gasteiger partial charge in [0.15, 0.2) is 0 Å². The fraction of sp³-hybridized carbons (Fsp3) is 0.167. The molecule has 0 aliphatic heterocycles. The van der Waals surface area contributed by atoms with Gasteiger partial charge in [-0.2, -0.15) is 0 Å². The van der Waals surface area contributed by atoms with Gasteiger partial charge >= 0.3 is 0 Å². The number of hydrogen-bond donors (Lipinski definition) is 2. The molecular formula is C12H13ClN4O. The molecule has 94 valence electrons. The Bertz CT molecular complexity index is 551. The molecule has 1 heterocycles. The summed E-state index contributed by atoms with van der Waals surface area (Å²) in [5.74, 6) is 6.85. The maximum absolute atomic E-state index is 6.09. The highest BCUT2D eigenvalue weighted by Gasteiger charge is 2.06. The summed E-state index contributed by atoms with van der Waals surface area (Å²) in [6.07, 6.45) is 1.38. The van der Waals surface area contributed by atoms with E-state index in [0.29, 0.717) is 17.4 Å². The molecule has 1 aromatic carbocycles. The second-order valence-corrected chi connectivity index (χ2v) is 4.24. The van der Waals surface area contributed by atoms with Crippen LogP contribution < -0.4 is 16.0 Å². The van der Waals surface area contributed by atoms with Crippen LogP contribution in [0, 0.1) is 13.8 Å². The van der Waals surface area contributed by atoms with Crippen molar-refractivity contribution in [1.29, 1.82) is 0 Å². The third-order valence-corrected chi connectivity index (χ3v) is 3.02. The average Bonchev–Trinajstić information content (AvgIpc) is 2.36. The van der Waals surface area contributed by atoms with Gasteiger partial charge in [-0.05, 0) is 37.1 Å². The third-order valence-electron chi connectivity index (χ3n) is 2.42. The minimum Gasteiger partial charge on any atom is -0.439 e. The van der Waals surface area contributed by atoms with Crippen LogP contribution in [0.25, 0.3) is 0 Å². The first-order valence-corrected chi connectivity index (χ1v) is 5.71. The SMILES string of the molecule is Cc1cc(Oc2cc(NN)ncn2)cc(C)c1Cl. The smallest absolute Gasteiger partial charge is 0.224 e. The van der Waals surface area contributed by atoms with Crippen molar-refractivity contribution >= 4 is 17.4 Å². The van der Waals surface area contributed by atoms with E-state index in [0.717, 1.165) is 16.1 Å². The Morgan fingerprint density at radius 1 is 1.17 bits per heavy atom. The predicted molar refractivity (Wildman–Crippen MR) is 70.8 cm³/mol. The first kappa shape index (κ1) is 12.6.